The van der Waals surface area contributed by atoms with E-state index in [-0.39, 0.29) is 73.5 Å². The Morgan fingerprint density at radius 3 is 1.68 bits per heavy atom. The number of aliphatic hydroxyl groups is 2. The van der Waals surface area contributed by atoms with Gasteiger partial charge < -0.3 is 39.4 Å². The third kappa shape index (κ3) is 13.4. The summed E-state index contributed by atoms with van der Waals surface area (Å²) < 4.78 is 33.1. The summed E-state index contributed by atoms with van der Waals surface area (Å²) in [4.78, 5) is 43.3. The van der Waals surface area contributed by atoms with Crippen LogP contribution in [-0.4, -0.2) is 105 Å². The number of esters is 2. The van der Waals surface area contributed by atoms with E-state index in [1.807, 2.05) is 18.2 Å². The number of ether oxygens (including phenoxy) is 4. The molecule has 2 aliphatic heterocycles. The highest BCUT2D eigenvalue weighted by molar-refractivity contribution is 7.84. The number of hydrogen-bond donors (Lipinski definition) is 3. The molecule has 2 saturated heterocycles. The molecule has 0 amide bonds. The molecule has 336 valence electrons. The zero-order valence-corrected chi connectivity index (χ0v) is 38.0. The van der Waals surface area contributed by atoms with Crippen LogP contribution in [0.25, 0.3) is 0 Å². The van der Waals surface area contributed by atoms with E-state index in [4.69, 9.17) is 47.3 Å². The second-order valence-corrected chi connectivity index (χ2v) is 17.2. The van der Waals surface area contributed by atoms with Crippen molar-refractivity contribution in [3.63, 3.8) is 0 Å². The van der Waals surface area contributed by atoms with Gasteiger partial charge in [-0.25, -0.2) is 19.6 Å². The molecule has 19 heteroatoms. The van der Waals surface area contributed by atoms with E-state index in [1.54, 1.807) is 32.0 Å². The fourth-order valence-corrected chi connectivity index (χ4v) is 7.96. The number of carbonyl (C=O) groups excluding carboxylic acids is 2. The van der Waals surface area contributed by atoms with Crippen molar-refractivity contribution < 1.29 is 43.0 Å². The topological polar surface area (TPSA) is 195 Å². The summed E-state index contributed by atoms with van der Waals surface area (Å²) in [5, 5.41) is 22.8. The Bertz CT molecular complexity index is 2170. The van der Waals surface area contributed by atoms with Crippen molar-refractivity contribution in [1.29, 1.82) is 0 Å². The smallest absolute Gasteiger partial charge is 0.345 e. The molecule has 0 spiro atoms. The Morgan fingerprint density at radius 1 is 0.774 bits per heavy atom. The lowest BCUT2D eigenvalue weighted by Crippen LogP contribution is -2.25. The standard InChI is InChI=1S/C21H24ClN3O4.C17H19ClN2O5S.C5H9N.ClH/c1-2-28-20(27)17-9-23-21(25-10-15-8-16(15)11-25)24-19(17)29-6-5-13-3-4-14(12-26)18(22)7-13;1-3-24-16(22)13-9-19-17(26(2)23)20-15(13)25-7-6-11-4-5-12(10-21)14(18)8-11;1-4-2-6-3-5(1)4;/h3-4,7,9,15-16,26H,2,5-6,8,10-12H2,1H3;4-5,8-9,21H,3,6-7,10H2,1-2H3;4-6H,1-3H2;1H. The summed E-state index contributed by atoms with van der Waals surface area (Å²) in [5.74, 6) is 3.47. The second-order valence-electron chi connectivity index (χ2n) is 15.1. The first-order valence-corrected chi connectivity index (χ1v) is 22.7. The molecular formula is C43H53Cl3N6O9S. The summed E-state index contributed by atoms with van der Waals surface area (Å²) in [7, 11) is -1.41. The molecule has 4 fully saturated rings. The quantitative estimate of drug-likeness (QED) is 0.0917. The average Bonchev–Trinajstić information content (AvgIpc) is 4.09. The van der Waals surface area contributed by atoms with Gasteiger partial charge in [0.1, 0.15) is 11.1 Å². The Labute approximate surface area is 380 Å². The van der Waals surface area contributed by atoms with Crippen molar-refractivity contribution >= 4 is 64.3 Å². The molecule has 5 atom stereocenters. The molecule has 8 rings (SSSR count). The first-order valence-electron chi connectivity index (χ1n) is 20.4. The van der Waals surface area contributed by atoms with Crippen LogP contribution in [0.15, 0.2) is 53.9 Å². The molecule has 0 radical (unpaired) electrons. The number of benzene rings is 2. The molecule has 5 unspecified atom stereocenters. The van der Waals surface area contributed by atoms with E-state index in [9.17, 15) is 18.9 Å². The van der Waals surface area contributed by atoms with E-state index in [2.05, 4.69) is 30.2 Å². The first kappa shape index (κ1) is 48.9. The maximum atomic E-state index is 12.3. The highest BCUT2D eigenvalue weighted by Gasteiger charge is 2.46. The van der Waals surface area contributed by atoms with Crippen molar-refractivity contribution in [2.75, 3.05) is 63.8 Å². The van der Waals surface area contributed by atoms with Gasteiger partial charge in [0.25, 0.3) is 0 Å². The Hall–Kier alpha value is -4.16. The Morgan fingerprint density at radius 2 is 1.26 bits per heavy atom. The minimum absolute atomic E-state index is 0. The third-order valence-electron chi connectivity index (χ3n) is 10.7. The van der Waals surface area contributed by atoms with Crippen LogP contribution in [0.5, 0.6) is 11.8 Å². The molecule has 2 aliphatic carbocycles. The average molecular weight is 936 g/mol. The number of piperidine rings is 2. The Balaban J connectivity index is 0.000000203. The largest absolute Gasteiger partial charge is 0.477 e. The first-order chi connectivity index (χ1) is 29.5. The SMILES string of the molecule is C1NCC2CC12.CCOC(=O)c1cnc(N2CC3CC3C2)nc1OCCc1ccc(CO)c(Cl)c1.CCOC(=O)c1cnc(S(C)=O)nc1OCCc1ccc(CO)c(Cl)c1.Cl. The molecule has 2 aromatic carbocycles. The number of anilines is 1. The number of aliphatic hydroxyl groups excluding tert-OH is 2. The summed E-state index contributed by atoms with van der Waals surface area (Å²) in [6, 6.07) is 10.8. The minimum Gasteiger partial charge on any atom is -0.477 e. The van der Waals surface area contributed by atoms with Gasteiger partial charge in [-0.15, -0.1) is 12.4 Å². The number of nitrogens with zero attached hydrogens (tertiary/aromatic N) is 5. The molecule has 4 aromatic rings. The number of rotatable bonds is 16. The number of aromatic nitrogens is 4. The Kier molecular flexibility index (Phi) is 18.5. The van der Waals surface area contributed by atoms with Crippen LogP contribution in [0.4, 0.5) is 5.95 Å². The number of halogens is 3. The van der Waals surface area contributed by atoms with Crippen molar-refractivity contribution in [1.82, 2.24) is 25.3 Å². The van der Waals surface area contributed by atoms with Crippen molar-refractivity contribution in [3.8, 4) is 11.8 Å². The molecular weight excluding hydrogens is 883 g/mol. The fourth-order valence-electron chi connectivity index (χ4n) is 7.02. The predicted octanol–water partition coefficient (Wildman–Crippen LogP) is 5.68. The summed E-state index contributed by atoms with van der Waals surface area (Å²) >= 11 is 12.2. The predicted molar refractivity (Wildman–Crippen MR) is 237 cm³/mol. The maximum Gasteiger partial charge on any atom is 0.345 e. The van der Waals surface area contributed by atoms with Crippen molar-refractivity contribution in [2.45, 2.75) is 57.9 Å². The maximum absolute atomic E-state index is 12.3. The van der Waals surface area contributed by atoms with E-state index in [0.29, 0.717) is 46.6 Å². The summed E-state index contributed by atoms with van der Waals surface area (Å²) in [6.07, 6.45) is 8.08. The van der Waals surface area contributed by atoms with Crippen LogP contribution in [0.2, 0.25) is 10.0 Å². The molecule has 4 heterocycles. The van der Waals surface area contributed by atoms with Crippen molar-refractivity contribution in [2.24, 2.45) is 23.7 Å². The van der Waals surface area contributed by atoms with Crippen LogP contribution >= 0.6 is 35.6 Å². The van der Waals surface area contributed by atoms with Crippen LogP contribution in [0.1, 0.15) is 69.7 Å². The van der Waals surface area contributed by atoms with Crippen LogP contribution < -0.4 is 19.7 Å². The molecule has 15 nitrogen and oxygen atoms in total. The van der Waals surface area contributed by atoms with E-state index in [1.165, 1.54) is 44.6 Å². The number of carbonyl (C=O) groups is 2. The van der Waals surface area contributed by atoms with E-state index < -0.39 is 22.7 Å². The van der Waals surface area contributed by atoms with Gasteiger partial charge in [-0.1, -0.05) is 47.5 Å². The van der Waals surface area contributed by atoms with Crippen molar-refractivity contribution in [3.05, 3.63) is 92.2 Å². The third-order valence-corrected chi connectivity index (χ3v) is 12.1. The van der Waals surface area contributed by atoms with Crippen LogP contribution in [0, 0.1) is 23.7 Å². The lowest BCUT2D eigenvalue weighted by molar-refractivity contribution is 0.0509. The van der Waals surface area contributed by atoms with Gasteiger partial charge in [-0.05, 0) is 97.8 Å². The normalized spacial score (nSPS) is 19.2. The second kappa shape index (κ2) is 23.5. The molecule has 2 aromatic heterocycles. The van der Waals surface area contributed by atoms with Gasteiger partial charge in [0, 0.05) is 42.2 Å². The lowest BCUT2D eigenvalue weighted by atomic mass is 10.1. The van der Waals surface area contributed by atoms with Gasteiger partial charge in [-0.3, -0.25) is 4.21 Å². The highest BCUT2D eigenvalue weighted by atomic mass is 35.5. The zero-order valence-electron chi connectivity index (χ0n) is 34.9. The molecule has 2 saturated carbocycles. The monoisotopic (exact) mass is 934 g/mol. The molecule has 3 N–H and O–H groups in total. The summed E-state index contributed by atoms with van der Waals surface area (Å²) in [6.45, 7) is 8.76. The number of fused-ring (bicyclic) bond motifs is 2. The van der Waals surface area contributed by atoms with Crippen LogP contribution in [0.3, 0.4) is 0 Å². The van der Waals surface area contributed by atoms with Gasteiger partial charge in [0.05, 0.1) is 62.8 Å². The highest BCUT2D eigenvalue weighted by Crippen LogP contribution is 2.46. The molecule has 4 aliphatic rings. The van der Waals surface area contributed by atoms with E-state index >= 15 is 0 Å². The lowest BCUT2D eigenvalue weighted by Gasteiger charge is -2.19. The van der Waals surface area contributed by atoms with Crippen LogP contribution in [-0.2, 0) is 46.3 Å². The summed E-state index contributed by atoms with van der Waals surface area (Å²) in [5.41, 5.74) is 3.51. The molecule has 62 heavy (non-hydrogen) atoms. The number of hydrogen-bond acceptors (Lipinski definition) is 15. The minimum atomic E-state index is -1.41. The van der Waals surface area contributed by atoms with E-state index in [0.717, 1.165) is 47.9 Å². The van der Waals surface area contributed by atoms with Gasteiger partial charge in [-0.2, -0.15) is 9.97 Å². The zero-order chi connectivity index (χ0) is 43.5. The fraction of sp³-hybridized carbons (Fsp3) is 0.488. The number of nitrogens with one attached hydrogen (secondary N) is 1. The van der Waals surface area contributed by atoms with Gasteiger partial charge in [0.15, 0.2) is 0 Å². The van der Waals surface area contributed by atoms with Gasteiger partial charge in [0.2, 0.25) is 22.9 Å². The molecule has 0 bridgehead atoms. The van der Waals surface area contributed by atoms with Gasteiger partial charge >= 0.3 is 11.9 Å².